The van der Waals surface area contributed by atoms with Gasteiger partial charge in [-0.25, -0.2) is 0 Å². The lowest BCUT2D eigenvalue weighted by Gasteiger charge is -2.32. The van der Waals surface area contributed by atoms with Gasteiger partial charge in [-0.2, -0.15) is 5.10 Å². The molecular weight excluding hydrogens is 254 g/mol. The molecule has 0 amide bonds. The number of rotatable bonds is 3. The predicted molar refractivity (Wildman–Crippen MR) is 80.9 cm³/mol. The maximum atomic E-state index is 4.02. The van der Waals surface area contributed by atoms with Crippen LogP contribution in [-0.2, 0) is 0 Å². The van der Waals surface area contributed by atoms with Gasteiger partial charge in [0.1, 0.15) is 0 Å². The Kier molecular flexibility index (Phi) is 3.78. The first-order chi connectivity index (χ1) is 9.31. The Bertz CT molecular complexity index is 499. The lowest BCUT2D eigenvalue weighted by atomic mass is 10.1. The third kappa shape index (κ3) is 3.13. The average Bonchev–Trinajstić information content (AvgIpc) is 2.96. The minimum atomic E-state index is 0.742. The average molecular weight is 273 g/mol. The Balaban J connectivity index is 1.54. The molecule has 1 fully saturated rings. The number of nitrogens with zero attached hydrogens (tertiary/aromatic N) is 2. The molecule has 0 bridgehead atoms. The molecule has 0 saturated carbocycles. The largest absolute Gasteiger partial charge is 0.369 e. The summed E-state index contributed by atoms with van der Waals surface area (Å²) in [5.74, 6) is 0. The standard InChI is InChI=1S/C15H19N3S/c1-12-2-4-14(5-3-12)19-15-6-8-18(9-7-15)13-10-16-17-11-13/h2-5,10-11,15H,6-9H2,1H3,(H,16,17). The molecule has 0 radical (unpaired) electrons. The molecule has 2 aromatic rings. The summed E-state index contributed by atoms with van der Waals surface area (Å²) in [6.07, 6.45) is 6.37. The quantitative estimate of drug-likeness (QED) is 0.929. The molecule has 0 atom stereocenters. The summed E-state index contributed by atoms with van der Waals surface area (Å²) < 4.78 is 0. The molecular formula is C15H19N3S. The third-order valence-electron chi connectivity index (χ3n) is 3.61. The Hall–Kier alpha value is -1.42. The van der Waals surface area contributed by atoms with E-state index in [4.69, 9.17) is 0 Å². The van der Waals surface area contributed by atoms with Crippen molar-refractivity contribution >= 4 is 17.4 Å². The number of aryl methyl sites for hydroxylation is 1. The number of piperidine rings is 1. The highest BCUT2D eigenvalue weighted by atomic mass is 32.2. The highest BCUT2D eigenvalue weighted by Crippen LogP contribution is 2.31. The molecule has 0 spiro atoms. The van der Waals surface area contributed by atoms with Crippen LogP contribution in [0.4, 0.5) is 5.69 Å². The van der Waals surface area contributed by atoms with Gasteiger partial charge in [0.05, 0.1) is 11.9 Å². The zero-order chi connectivity index (χ0) is 13.1. The van der Waals surface area contributed by atoms with Crippen LogP contribution >= 0.6 is 11.8 Å². The van der Waals surface area contributed by atoms with Gasteiger partial charge in [-0.1, -0.05) is 17.7 Å². The van der Waals surface area contributed by atoms with E-state index in [0.717, 1.165) is 18.3 Å². The third-order valence-corrected chi connectivity index (χ3v) is 4.96. The number of hydrogen-bond donors (Lipinski definition) is 1. The normalized spacial score (nSPS) is 16.8. The van der Waals surface area contributed by atoms with Crippen LogP contribution in [0, 0.1) is 6.92 Å². The Morgan fingerprint density at radius 1 is 1.21 bits per heavy atom. The summed E-state index contributed by atoms with van der Waals surface area (Å²) in [7, 11) is 0. The van der Waals surface area contributed by atoms with Gasteiger partial charge >= 0.3 is 0 Å². The molecule has 19 heavy (non-hydrogen) atoms. The van der Waals surface area contributed by atoms with Crippen molar-refractivity contribution in [2.75, 3.05) is 18.0 Å². The lowest BCUT2D eigenvalue weighted by Crippen LogP contribution is -2.34. The van der Waals surface area contributed by atoms with Gasteiger partial charge < -0.3 is 4.90 Å². The number of aromatic nitrogens is 2. The first-order valence-corrected chi connectivity index (χ1v) is 7.66. The predicted octanol–water partition coefficient (Wildman–Crippen LogP) is 3.48. The maximum absolute atomic E-state index is 4.02. The van der Waals surface area contributed by atoms with E-state index in [1.165, 1.54) is 29.0 Å². The topological polar surface area (TPSA) is 31.9 Å². The maximum Gasteiger partial charge on any atom is 0.0749 e. The molecule has 4 heteroatoms. The molecule has 0 unspecified atom stereocenters. The molecule has 3 nitrogen and oxygen atoms in total. The van der Waals surface area contributed by atoms with E-state index in [1.54, 1.807) is 0 Å². The van der Waals surface area contributed by atoms with E-state index in [9.17, 15) is 0 Å². The second kappa shape index (κ2) is 5.70. The summed E-state index contributed by atoms with van der Waals surface area (Å²) in [6.45, 7) is 4.39. The fourth-order valence-electron chi connectivity index (χ4n) is 2.46. The number of hydrogen-bond acceptors (Lipinski definition) is 3. The lowest BCUT2D eigenvalue weighted by molar-refractivity contribution is 0.591. The van der Waals surface area contributed by atoms with Gasteiger partial charge in [-0.05, 0) is 31.9 Å². The van der Waals surface area contributed by atoms with Crippen molar-refractivity contribution in [2.24, 2.45) is 0 Å². The van der Waals surface area contributed by atoms with Gasteiger partial charge in [0.15, 0.2) is 0 Å². The van der Waals surface area contributed by atoms with Crippen LogP contribution in [0.1, 0.15) is 18.4 Å². The molecule has 2 heterocycles. The Labute approximate surface area is 118 Å². The van der Waals surface area contributed by atoms with E-state index in [1.807, 2.05) is 24.2 Å². The molecule has 1 aliphatic rings. The van der Waals surface area contributed by atoms with Gasteiger partial charge in [0.2, 0.25) is 0 Å². The SMILES string of the molecule is Cc1ccc(SC2CCN(c3cn[nH]c3)CC2)cc1. The summed E-state index contributed by atoms with van der Waals surface area (Å²) in [6, 6.07) is 8.87. The Morgan fingerprint density at radius 2 is 1.95 bits per heavy atom. The Morgan fingerprint density at radius 3 is 2.58 bits per heavy atom. The second-order valence-electron chi connectivity index (χ2n) is 5.07. The van der Waals surface area contributed by atoms with E-state index < -0.39 is 0 Å². The minimum Gasteiger partial charge on any atom is -0.369 e. The highest BCUT2D eigenvalue weighted by molar-refractivity contribution is 8.00. The smallest absolute Gasteiger partial charge is 0.0749 e. The van der Waals surface area contributed by atoms with Crippen LogP contribution in [0.2, 0.25) is 0 Å². The second-order valence-corrected chi connectivity index (χ2v) is 6.45. The first kappa shape index (κ1) is 12.6. The summed E-state index contributed by atoms with van der Waals surface area (Å²) >= 11 is 2.02. The zero-order valence-electron chi connectivity index (χ0n) is 11.2. The zero-order valence-corrected chi connectivity index (χ0v) is 12.0. The van der Waals surface area contributed by atoms with E-state index in [2.05, 4.69) is 46.3 Å². The molecule has 1 saturated heterocycles. The molecule has 3 rings (SSSR count). The van der Waals surface area contributed by atoms with Crippen molar-refractivity contribution in [3.63, 3.8) is 0 Å². The minimum absolute atomic E-state index is 0.742. The number of thioether (sulfide) groups is 1. The molecule has 100 valence electrons. The molecule has 0 aliphatic carbocycles. The van der Waals surface area contributed by atoms with Gasteiger partial charge in [-0.3, -0.25) is 5.10 Å². The number of benzene rings is 1. The summed E-state index contributed by atoms with van der Waals surface area (Å²) in [5.41, 5.74) is 2.55. The van der Waals surface area contributed by atoms with Gasteiger partial charge in [0.25, 0.3) is 0 Å². The van der Waals surface area contributed by atoms with E-state index in [-0.39, 0.29) is 0 Å². The van der Waals surface area contributed by atoms with Crippen LogP contribution in [-0.4, -0.2) is 28.5 Å². The fourth-order valence-corrected chi connectivity index (χ4v) is 3.58. The number of aromatic amines is 1. The van der Waals surface area contributed by atoms with Gasteiger partial charge in [-0.15, -0.1) is 11.8 Å². The van der Waals surface area contributed by atoms with Crippen molar-refractivity contribution in [3.05, 3.63) is 42.2 Å². The van der Waals surface area contributed by atoms with E-state index >= 15 is 0 Å². The summed E-state index contributed by atoms with van der Waals surface area (Å²) in [5, 5.41) is 7.65. The van der Waals surface area contributed by atoms with Crippen molar-refractivity contribution < 1.29 is 0 Å². The van der Waals surface area contributed by atoms with Crippen molar-refractivity contribution in [3.8, 4) is 0 Å². The fraction of sp³-hybridized carbons (Fsp3) is 0.400. The monoisotopic (exact) mass is 273 g/mol. The van der Waals surface area contributed by atoms with Gasteiger partial charge in [0, 0.05) is 29.4 Å². The summed E-state index contributed by atoms with van der Waals surface area (Å²) in [4.78, 5) is 3.81. The molecule has 1 aromatic carbocycles. The van der Waals surface area contributed by atoms with Crippen LogP contribution in [0.5, 0.6) is 0 Å². The molecule has 1 aromatic heterocycles. The van der Waals surface area contributed by atoms with Crippen LogP contribution in [0.25, 0.3) is 0 Å². The number of anilines is 1. The first-order valence-electron chi connectivity index (χ1n) is 6.78. The van der Waals surface area contributed by atoms with E-state index in [0.29, 0.717) is 0 Å². The molecule has 1 N–H and O–H groups in total. The molecule has 1 aliphatic heterocycles. The number of nitrogens with one attached hydrogen (secondary N) is 1. The van der Waals surface area contributed by atoms with Crippen LogP contribution < -0.4 is 4.90 Å². The van der Waals surface area contributed by atoms with Crippen molar-refractivity contribution in [1.29, 1.82) is 0 Å². The number of H-pyrrole nitrogens is 1. The highest BCUT2D eigenvalue weighted by Gasteiger charge is 2.20. The van der Waals surface area contributed by atoms with Crippen molar-refractivity contribution in [2.45, 2.75) is 29.9 Å². The van der Waals surface area contributed by atoms with Crippen molar-refractivity contribution in [1.82, 2.24) is 10.2 Å². The van der Waals surface area contributed by atoms with Crippen LogP contribution in [0.3, 0.4) is 0 Å². The van der Waals surface area contributed by atoms with Crippen LogP contribution in [0.15, 0.2) is 41.6 Å².